The molecule has 2 aliphatic rings. The van der Waals surface area contributed by atoms with E-state index in [0.29, 0.717) is 58.9 Å². The second-order valence-electron chi connectivity index (χ2n) is 6.52. The molecule has 2 rings (SSSR count). The van der Waals surface area contributed by atoms with Crippen LogP contribution < -0.4 is 11.5 Å². The lowest BCUT2D eigenvalue weighted by molar-refractivity contribution is -0.145. The number of hydrogen-bond acceptors (Lipinski definition) is 6. The van der Waals surface area contributed by atoms with E-state index >= 15 is 0 Å². The van der Waals surface area contributed by atoms with E-state index < -0.39 is 17.9 Å². The average Bonchev–Trinajstić information content (AvgIpc) is 2.60. The Morgan fingerprint density at radius 3 is 1.92 bits per heavy atom. The molecule has 0 spiro atoms. The summed E-state index contributed by atoms with van der Waals surface area (Å²) in [7, 11) is 0. The number of carbonyl (C=O) groups excluding carboxylic acids is 2. The smallest absolute Gasteiger partial charge is 0.304 e. The second-order valence-corrected chi connectivity index (χ2v) is 6.52. The number of carbonyl (C=O) groups is 3. The van der Waals surface area contributed by atoms with Gasteiger partial charge in [0.05, 0.1) is 6.42 Å². The van der Waals surface area contributed by atoms with Crippen molar-refractivity contribution in [2.45, 2.75) is 12.5 Å². The highest BCUT2D eigenvalue weighted by Crippen LogP contribution is 2.12. The lowest BCUT2D eigenvalue weighted by Crippen LogP contribution is -2.62. The van der Waals surface area contributed by atoms with Crippen LogP contribution in [0.2, 0.25) is 0 Å². The van der Waals surface area contributed by atoms with Gasteiger partial charge < -0.3 is 26.4 Å². The van der Waals surface area contributed by atoms with Gasteiger partial charge >= 0.3 is 5.97 Å². The summed E-state index contributed by atoms with van der Waals surface area (Å²) in [5.74, 6) is -1.86. The number of piperazine rings is 2. The lowest BCUT2D eigenvalue weighted by atomic mass is 10.1. The third-order valence-corrected chi connectivity index (χ3v) is 4.85. The molecule has 0 aliphatic carbocycles. The van der Waals surface area contributed by atoms with Crippen molar-refractivity contribution in [1.29, 1.82) is 5.41 Å². The molecule has 26 heavy (non-hydrogen) atoms. The van der Waals surface area contributed by atoms with Gasteiger partial charge in [0.2, 0.25) is 11.8 Å². The Kier molecular flexibility index (Phi) is 6.75. The molecule has 6 N–H and O–H groups in total. The number of hydrogen-bond donors (Lipinski definition) is 4. The maximum Gasteiger partial charge on any atom is 0.304 e. The Hall–Kier alpha value is -2.40. The van der Waals surface area contributed by atoms with Crippen LogP contribution in [-0.4, -0.2) is 113 Å². The van der Waals surface area contributed by atoms with E-state index in [0.717, 1.165) is 0 Å². The fourth-order valence-electron chi connectivity index (χ4n) is 3.30. The first-order valence-electron chi connectivity index (χ1n) is 8.65. The highest BCUT2D eigenvalue weighted by atomic mass is 16.4. The van der Waals surface area contributed by atoms with Gasteiger partial charge in [0.15, 0.2) is 12.0 Å². The normalized spacial score (nSPS) is 20.6. The molecule has 2 amide bonds. The zero-order valence-electron chi connectivity index (χ0n) is 14.8. The highest BCUT2D eigenvalue weighted by Gasteiger charge is 2.37. The molecule has 0 aromatic carbocycles. The molecule has 0 bridgehead atoms. The number of guanidine groups is 1. The van der Waals surface area contributed by atoms with Crippen LogP contribution in [0.4, 0.5) is 0 Å². The van der Waals surface area contributed by atoms with Gasteiger partial charge in [-0.15, -0.1) is 0 Å². The molecule has 11 nitrogen and oxygen atoms in total. The van der Waals surface area contributed by atoms with Crippen LogP contribution in [0.25, 0.3) is 0 Å². The largest absolute Gasteiger partial charge is 0.481 e. The van der Waals surface area contributed by atoms with E-state index in [-0.39, 0.29) is 18.3 Å². The molecule has 2 fully saturated rings. The molecule has 1 atom stereocenters. The number of primary amides is 1. The van der Waals surface area contributed by atoms with Crippen LogP contribution in [-0.2, 0) is 14.4 Å². The van der Waals surface area contributed by atoms with E-state index in [1.54, 1.807) is 14.7 Å². The fraction of sp³-hybridized carbons (Fsp3) is 0.733. The van der Waals surface area contributed by atoms with Crippen molar-refractivity contribution in [1.82, 2.24) is 19.6 Å². The number of aliphatic carboxylic acids is 1. The average molecular weight is 369 g/mol. The number of nitrogens with one attached hydrogen (secondary N) is 1. The molecule has 11 heteroatoms. The van der Waals surface area contributed by atoms with Gasteiger partial charge in [0, 0.05) is 58.9 Å². The van der Waals surface area contributed by atoms with Gasteiger partial charge in [0.25, 0.3) is 0 Å². The van der Waals surface area contributed by atoms with Gasteiger partial charge in [-0.25, -0.2) is 0 Å². The minimum absolute atomic E-state index is 0.0240. The van der Waals surface area contributed by atoms with E-state index in [1.807, 2.05) is 4.90 Å². The van der Waals surface area contributed by atoms with Crippen molar-refractivity contribution in [3.63, 3.8) is 0 Å². The molecule has 1 unspecified atom stereocenters. The molecule has 0 aromatic rings. The van der Waals surface area contributed by atoms with E-state index in [1.165, 1.54) is 0 Å². The van der Waals surface area contributed by atoms with Gasteiger partial charge in [-0.05, 0) is 0 Å². The van der Waals surface area contributed by atoms with Gasteiger partial charge in [-0.3, -0.25) is 29.6 Å². The molecule has 0 radical (unpaired) electrons. The Bertz CT molecular complexity index is 554. The van der Waals surface area contributed by atoms with Crippen molar-refractivity contribution in [3.8, 4) is 0 Å². The zero-order chi connectivity index (χ0) is 19.3. The molecular weight excluding hydrogens is 342 g/mol. The standard InChI is InChI=1S/C15H27N7O4/c16-13(25)12(20-7-9-22(10-8-20)15(17)18)14(26)21-5-3-19(4-6-21)2-1-11(23)24/h12H,1-10H2,(H2,16,25)(H3,17,18)(H,23,24). The van der Waals surface area contributed by atoms with Crippen molar-refractivity contribution in [3.05, 3.63) is 0 Å². The summed E-state index contributed by atoms with van der Waals surface area (Å²) in [4.78, 5) is 42.4. The van der Waals surface area contributed by atoms with Gasteiger partial charge in [-0.1, -0.05) is 0 Å². The first kappa shape index (κ1) is 19.9. The van der Waals surface area contributed by atoms with Crippen LogP contribution in [0.15, 0.2) is 0 Å². The number of nitrogens with two attached hydrogens (primary N) is 2. The summed E-state index contributed by atoms with van der Waals surface area (Å²) in [6.07, 6.45) is 0.0677. The first-order chi connectivity index (χ1) is 12.3. The van der Waals surface area contributed by atoms with E-state index in [9.17, 15) is 14.4 Å². The van der Waals surface area contributed by atoms with E-state index in [2.05, 4.69) is 0 Å². The van der Waals surface area contributed by atoms with Crippen molar-refractivity contribution in [2.75, 3.05) is 58.9 Å². The number of carboxylic acids is 1. The minimum Gasteiger partial charge on any atom is -0.481 e. The molecule has 2 aliphatic heterocycles. The van der Waals surface area contributed by atoms with Crippen molar-refractivity contribution in [2.24, 2.45) is 11.5 Å². The minimum atomic E-state index is -1.02. The first-order valence-corrected chi connectivity index (χ1v) is 8.65. The summed E-state index contributed by atoms with van der Waals surface area (Å²) in [6, 6.07) is -1.02. The summed E-state index contributed by atoms with van der Waals surface area (Å²) < 4.78 is 0. The van der Waals surface area contributed by atoms with Crippen molar-refractivity contribution >= 4 is 23.7 Å². The van der Waals surface area contributed by atoms with Gasteiger partial charge in [-0.2, -0.15) is 0 Å². The number of amides is 2. The van der Waals surface area contributed by atoms with Crippen LogP contribution in [0.1, 0.15) is 6.42 Å². The Morgan fingerprint density at radius 1 is 0.923 bits per heavy atom. The molecule has 0 aromatic heterocycles. The van der Waals surface area contributed by atoms with E-state index in [4.69, 9.17) is 22.0 Å². The molecule has 2 saturated heterocycles. The Balaban J connectivity index is 1.90. The van der Waals surface area contributed by atoms with Crippen LogP contribution >= 0.6 is 0 Å². The maximum absolute atomic E-state index is 12.8. The zero-order valence-corrected chi connectivity index (χ0v) is 14.8. The fourth-order valence-corrected chi connectivity index (χ4v) is 3.30. The Labute approximate surface area is 152 Å². The number of carboxylic acid groups (broad SMARTS) is 1. The Morgan fingerprint density at radius 2 is 1.46 bits per heavy atom. The summed E-state index contributed by atoms with van der Waals surface area (Å²) in [6.45, 7) is 4.26. The van der Waals surface area contributed by atoms with Crippen LogP contribution in [0, 0.1) is 5.41 Å². The predicted octanol–water partition coefficient (Wildman–Crippen LogP) is -3.03. The van der Waals surface area contributed by atoms with Crippen LogP contribution in [0.3, 0.4) is 0 Å². The monoisotopic (exact) mass is 369 g/mol. The summed E-state index contributed by atoms with van der Waals surface area (Å²) >= 11 is 0. The highest BCUT2D eigenvalue weighted by molar-refractivity contribution is 6.03. The number of nitrogens with zero attached hydrogens (tertiary/aromatic N) is 4. The summed E-state index contributed by atoms with van der Waals surface area (Å²) in [5, 5.41) is 16.2. The van der Waals surface area contributed by atoms with Gasteiger partial charge in [0.1, 0.15) is 0 Å². The maximum atomic E-state index is 12.8. The quantitative estimate of drug-likeness (QED) is 0.218. The summed E-state index contributed by atoms with van der Waals surface area (Å²) in [5.41, 5.74) is 11.0. The molecular formula is C15H27N7O4. The molecule has 0 saturated carbocycles. The van der Waals surface area contributed by atoms with Crippen LogP contribution in [0.5, 0.6) is 0 Å². The molecule has 2 heterocycles. The van der Waals surface area contributed by atoms with Crippen molar-refractivity contribution < 1.29 is 19.5 Å². The SMILES string of the molecule is N=C(N)N1CCN(C(C(N)=O)C(=O)N2CCN(CCC(=O)O)CC2)CC1. The second kappa shape index (κ2) is 8.81. The number of rotatable bonds is 6. The third-order valence-electron chi connectivity index (χ3n) is 4.85. The lowest BCUT2D eigenvalue weighted by Gasteiger charge is -2.41. The topological polar surface area (TPSA) is 160 Å². The predicted molar refractivity (Wildman–Crippen MR) is 93.3 cm³/mol. The molecule has 146 valence electrons. The third kappa shape index (κ3) is 5.05.